The molecule has 1 aliphatic carbocycles. The minimum Gasteiger partial charge on any atom is -0.334 e. The topological polar surface area (TPSA) is 126 Å². The Kier molecular flexibility index (Phi) is 4.99. The molecule has 1 aromatic carbocycles. The van der Waals surface area contributed by atoms with Crippen molar-refractivity contribution in [2.24, 2.45) is 12.8 Å². The Morgan fingerprint density at radius 3 is 2.56 bits per heavy atom. The van der Waals surface area contributed by atoms with E-state index in [-0.39, 0.29) is 18.1 Å². The zero-order valence-corrected chi connectivity index (χ0v) is 15.5. The van der Waals surface area contributed by atoms with Crippen molar-refractivity contribution in [3.8, 4) is 22.7 Å². The van der Waals surface area contributed by atoms with E-state index in [4.69, 9.17) is 10.3 Å². The van der Waals surface area contributed by atoms with E-state index < -0.39 is 10.5 Å². The summed E-state index contributed by atoms with van der Waals surface area (Å²) in [6.07, 6.45) is 5.58. The van der Waals surface area contributed by atoms with Gasteiger partial charge in [0.1, 0.15) is 5.69 Å². The Bertz CT molecular complexity index is 959. The lowest BCUT2D eigenvalue weighted by Gasteiger charge is -2.17. The molecule has 0 spiro atoms. The first-order valence-electron chi connectivity index (χ1n) is 8.38. The van der Waals surface area contributed by atoms with Gasteiger partial charge in [-0.25, -0.2) is 0 Å². The molecular formula is C17H19ClN6O3. The highest BCUT2D eigenvalue weighted by Crippen LogP contribution is 2.37. The fourth-order valence-electron chi connectivity index (χ4n) is 3.36. The highest BCUT2D eigenvalue weighted by Gasteiger charge is 2.36. The molecule has 0 bridgehead atoms. The van der Waals surface area contributed by atoms with Crippen molar-refractivity contribution < 1.29 is 9.45 Å². The molecule has 1 saturated carbocycles. The van der Waals surface area contributed by atoms with Gasteiger partial charge in [-0.1, -0.05) is 18.0 Å². The lowest BCUT2D eigenvalue weighted by molar-refractivity contribution is -0.384. The predicted octanol–water partition coefficient (Wildman–Crippen LogP) is 3.20. The van der Waals surface area contributed by atoms with Gasteiger partial charge >= 0.3 is 0 Å². The summed E-state index contributed by atoms with van der Waals surface area (Å²) in [6, 6.07) is 6.20. The number of hydrogen-bond donors (Lipinski definition) is 1. The number of halogens is 1. The molecule has 2 heterocycles. The van der Waals surface area contributed by atoms with Crippen LogP contribution in [0.5, 0.6) is 0 Å². The van der Waals surface area contributed by atoms with Crippen LogP contribution in [-0.2, 0) is 12.6 Å². The third-order valence-electron chi connectivity index (χ3n) is 4.78. The summed E-state index contributed by atoms with van der Waals surface area (Å²) in [5, 5.41) is 19.4. The molecule has 3 aromatic rings. The first-order valence-corrected chi connectivity index (χ1v) is 8.38. The summed E-state index contributed by atoms with van der Waals surface area (Å²) in [5.41, 5.74) is 7.92. The zero-order chi connectivity index (χ0) is 18.3. The molecule has 142 valence electrons. The minimum absolute atomic E-state index is 0. The molecule has 0 unspecified atom stereocenters. The number of nitrogens with two attached hydrogens (primary N) is 1. The summed E-state index contributed by atoms with van der Waals surface area (Å²) in [4.78, 5) is 14.9. The number of aromatic nitrogens is 4. The van der Waals surface area contributed by atoms with Crippen LogP contribution in [0.1, 0.15) is 31.5 Å². The second-order valence-electron chi connectivity index (χ2n) is 6.66. The second-order valence-corrected chi connectivity index (χ2v) is 6.66. The molecular weight excluding hydrogens is 372 g/mol. The van der Waals surface area contributed by atoms with Gasteiger partial charge in [-0.3, -0.25) is 14.8 Å². The maximum Gasteiger partial charge on any atom is 0.269 e. The largest absolute Gasteiger partial charge is 0.334 e. The molecule has 1 fully saturated rings. The van der Waals surface area contributed by atoms with Gasteiger partial charge in [0.05, 0.1) is 16.0 Å². The maximum absolute atomic E-state index is 10.8. The highest BCUT2D eigenvalue weighted by molar-refractivity contribution is 5.85. The van der Waals surface area contributed by atoms with Gasteiger partial charge in [0.15, 0.2) is 5.82 Å². The van der Waals surface area contributed by atoms with Crippen LogP contribution in [-0.4, -0.2) is 24.8 Å². The van der Waals surface area contributed by atoms with E-state index in [0.717, 1.165) is 31.2 Å². The SMILES string of the molecule is Cl.Cn1cc(-c2nc(C3(N)CCCC3)no2)c(-c2ccc([N+](=O)[O-])cc2)n1. The van der Waals surface area contributed by atoms with Gasteiger partial charge in [-0.05, 0) is 25.0 Å². The molecule has 10 heteroatoms. The Balaban J connectivity index is 0.00000210. The van der Waals surface area contributed by atoms with Crippen LogP contribution in [0.2, 0.25) is 0 Å². The lowest BCUT2D eigenvalue weighted by atomic mass is 9.98. The molecule has 2 aromatic heterocycles. The third kappa shape index (κ3) is 3.43. The van der Waals surface area contributed by atoms with Crippen molar-refractivity contribution in [2.75, 3.05) is 0 Å². The van der Waals surface area contributed by atoms with E-state index in [9.17, 15) is 10.1 Å². The van der Waals surface area contributed by atoms with E-state index in [1.807, 2.05) is 0 Å². The van der Waals surface area contributed by atoms with Gasteiger partial charge in [-0.2, -0.15) is 10.1 Å². The number of nitro benzene ring substituents is 1. The van der Waals surface area contributed by atoms with Crippen molar-refractivity contribution in [3.63, 3.8) is 0 Å². The summed E-state index contributed by atoms with van der Waals surface area (Å²) in [7, 11) is 1.79. The van der Waals surface area contributed by atoms with E-state index in [1.54, 1.807) is 30.1 Å². The van der Waals surface area contributed by atoms with Crippen LogP contribution in [0, 0.1) is 10.1 Å². The number of nitro groups is 1. The molecule has 1 aliphatic rings. The summed E-state index contributed by atoms with van der Waals surface area (Å²) in [5.74, 6) is 0.863. The van der Waals surface area contributed by atoms with E-state index >= 15 is 0 Å². The second kappa shape index (κ2) is 7.09. The molecule has 0 radical (unpaired) electrons. The van der Waals surface area contributed by atoms with Crippen LogP contribution in [0.3, 0.4) is 0 Å². The van der Waals surface area contributed by atoms with Crippen LogP contribution < -0.4 is 5.73 Å². The van der Waals surface area contributed by atoms with Gasteiger partial charge in [0.25, 0.3) is 11.6 Å². The van der Waals surface area contributed by atoms with Crippen LogP contribution >= 0.6 is 12.4 Å². The number of aryl methyl sites for hydroxylation is 1. The molecule has 0 saturated heterocycles. The molecule has 2 N–H and O–H groups in total. The van der Waals surface area contributed by atoms with Gasteiger partial charge in [0.2, 0.25) is 0 Å². The highest BCUT2D eigenvalue weighted by atomic mass is 35.5. The average molecular weight is 391 g/mol. The lowest BCUT2D eigenvalue weighted by Crippen LogP contribution is -2.34. The van der Waals surface area contributed by atoms with E-state index in [2.05, 4.69) is 15.2 Å². The predicted molar refractivity (Wildman–Crippen MR) is 100 cm³/mol. The summed E-state index contributed by atoms with van der Waals surface area (Å²) >= 11 is 0. The average Bonchev–Trinajstić information content (AvgIpc) is 3.34. The Hall–Kier alpha value is -2.78. The van der Waals surface area contributed by atoms with Crippen molar-refractivity contribution in [1.82, 2.24) is 19.9 Å². The first kappa shape index (κ1) is 19.0. The Morgan fingerprint density at radius 2 is 1.93 bits per heavy atom. The number of non-ortho nitro benzene ring substituents is 1. The minimum atomic E-state index is -0.530. The van der Waals surface area contributed by atoms with Crippen molar-refractivity contribution in [1.29, 1.82) is 0 Å². The number of benzene rings is 1. The molecule has 4 rings (SSSR count). The van der Waals surface area contributed by atoms with Crippen LogP contribution in [0.15, 0.2) is 35.0 Å². The smallest absolute Gasteiger partial charge is 0.269 e. The zero-order valence-electron chi connectivity index (χ0n) is 14.7. The monoisotopic (exact) mass is 390 g/mol. The third-order valence-corrected chi connectivity index (χ3v) is 4.78. The van der Waals surface area contributed by atoms with Crippen LogP contribution in [0.25, 0.3) is 22.7 Å². The first-order chi connectivity index (χ1) is 12.5. The van der Waals surface area contributed by atoms with Gasteiger partial charge < -0.3 is 10.3 Å². The normalized spacial score (nSPS) is 15.5. The number of hydrogen-bond acceptors (Lipinski definition) is 7. The number of nitrogens with zero attached hydrogens (tertiary/aromatic N) is 5. The summed E-state index contributed by atoms with van der Waals surface area (Å²) in [6.45, 7) is 0. The van der Waals surface area contributed by atoms with E-state index in [0.29, 0.717) is 23.0 Å². The molecule has 27 heavy (non-hydrogen) atoms. The van der Waals surface area contributed by atoms with Crippen LogP contribution in [0.4, 0.5) is 5.69 Å². The van der Waals surface area contributed by atoms with E-state index in [1.165, 1.54) is 12.1 Å². The van der Waals surface area contributed by atoms with Gasteiger partial charge in [-0.15, -0.1) is 12.4 Å². The fraction of sp³-hybridized carbons (Fsp3) is 0.353. The standard InChI is InChI=1S/C17H18N6O3.ClH/c1-22-10-13(14(20-22)11-4-6-12(7-5-11)23(24)25)15-19-16(21-26-15)17(18)8-2-3-9-17;/h4-7,10H,2-3,8-9,18H2,1H3;1H. The molecule has 0 aliphatic heterocycles. The number of rotatable bonds is 4. The summed E-state index contributed by atoms with van der Waals surface area (Å²) < 4.78 is 7.11. The molecule has 0 amide bonds. The van der Waals surface area contributed by atoms with Crippen molar-refractivity contribution >= 4 is 18.1 Å². The molecule has 9 nitrogen and oxygen atoms in total. The maximum atomic E-state index is 10.8. The fourth-order valence-corrected chi connectivity index (χ4v) is 3.36. The van der Waals surface area contributed by atoms with Gasteiger partial charge in [0, 0.05) is 30.9 Å². The van der Waals surface area contributed by atoms with Crippen molar-refractivity contribution in [3.05, 3.63) is 46.4 Å². The Labute approximate surface area is 161 Å². The van der Waals surface area contributed by atoms with Crippen molar-refractivity contribution in [2.45, 2.75) is 31.2 Å². The Morgan fingerprint density at radius 1 is 1.26 bits per heavy atom. The molecule has 0 atom stereocenters. The quantitative estimate of drug-likeness (QED) is 0.535.